The molecule has 2 rings (SSSR count). The average molecular weight is 410 g/mol. The van der Waals surface area contributed by atoms with E-state index in [4.69, 9.17) is 11.6 Å². The predicted octanol–water partition coefficient (Wildman–Crippen LogP) is 4.05. The van der Waals surface area contributed by atoms with Gasteiger partial charge < -0.3 is 10.2 Å². The maximum Gasteiger partial charge on any atom is 0.252 e. The number of benzene rings is 2. The van der Waals surface area contributed by atoms with Crippen LogP contribution in [0.4, 0.5) is 0 Å². The summed E-state index contributed by atoms with van der Waals surface area (Å²) >= 11 is 9.21. The van der Waals surface area contributed by atoms with Crippen LogP contribution in [0.15, 0.2) is 53.0 Å². The highest BCUT2D eigenvalue weighted by Crippen LogP contribution is 2.21. The maximum atomic E-state index is 12.3. The largest absolute Gasteiger partial charge is 0.343 e. The van der Waals surface area contributed by atoms with Crippen LogP contribution in [0, 0.1) is 0 Å². The van der Waals surface area contributed by atoms with E-state index in [0.717, 1.165) is 5.56 Å². The summed E-state index contributed by atoms with van der Waals surface area (Å²) in [5.41, 5.74) is 1.48. The van der Waals surface area contributed by atoms with Crippen molar-refractivity contribution in [3.63, 3.8) is 0 Å². The third kappa shape index (κ3) is 4.58. The van der Waals surface area contributed by atoms with Crippen molar-refractivity contribution in [2.24, 2.45) is 0 Å². The topological polar surface area (TPSA) is 49.4 Å². The summed E-state index contributed by atoms with van der Waals surface area (Å²) in [6.07, 6.45) is 0. The maximum absolute atomic E-state index is 12.3. The molecule has 2 aromatic carbocycles. The molecule has 0 aliphatic heterocycles. The van der Waals surface area contributed by atoms with Crippen molar-refractivity contribution in [1.82, 2.24) is 10.2 Å². The molecule has 0 aromatic heterocycles. The zero-order valence-corrected chi connectivity index (χ0v) is 15.8. The molecule has 24 heavy (non-hydrogen) atoms. The second kappa shape index (κ2) is 8.31. The molecule has 0 spiro atoms. The second-order valence-corrected chi connectivity index (χ2v) is 6.69. The zero-order valence-electron chi connectivity index (χ0n) is 13.4. The van der Waals surface area contributed by atoms with E-state index in [0.29, 0.717) is 15.1 Å². The van der Waals surface area contributed by atoms with Gasteiger partial charge in [0, 0.05) is 16.5 Å². The molecule has 2 aromatic rings. The fourth-order valence-corrected chi connectivity index (χ4v) is 2.79. The Hall–Kier alpha value is -1.85. The van der Waals surface area contributed by atoms with E-state index < -0.39 is 0 Å². The highest BCUT2D eigenvalue weighted by molar-refractivity contribution is 9.10. The minimum absolute atomic E-state index is 0.0609. The highest BCUT2D eigenvalue weighted by atomic mass is 79.9. The van der Waals surface area contributed by atoms with Crippen molar-refractivity contribution in [2.75, 3.05) is 13.6 Å². The van der Waals surface area contributed by atoms with Crippen molar-refractivity contribution >= 4 is 39.3 Å². The molecular weight excluding hydrogens is 392 g/mol. The summed E-state index contributed by atoms with van der Waals surface area (Å²) in [7, 11) is 1.71. The van der Waals surface area contributed by atoms with Gasteiger partial charge in [0.05, 0.1) is 18.2 Å². The minimum atomic E-state index is -0.289. The normalized spacial score (nSPS) is 11.7. The van der Waals surface area contributed by atoms with Crippen LogP contribution in [0.3, 0.4) is 0 Å². The summed E-state index contributed by atoms with van der Waals surface area (Å²) in [5.74, 6) is -0.457. The first kappa shape index (κ1) is 18.5. The monoisotopic (exact) mass is 408 g/mol. The number of amides is 2. The molecule has 4 nitrogen and oxygen atoms in total. The lowest BCUT2D eigenvalue weighted by molar-refractivity contribution is -0.130. The van der Waals surface area contributed by atoms with Gasteiger partial charge in [-0.2, -0.15) is 0 Å². The summed E-state index contributed by atoms with van der Waals surface area (Å²) in [4.78, 5) is 26.1. The molecule has 0 heterocycles. The van der Waals surface area contributed by atoms with Crippen LogP contribution in [-0.4, -0.2) is 30.3 Å². The molecule has 1 N–H and O–H groups in total. The van der Waals surface area contributed by atoms with Crippen molar-refractivity contribution in [1.29, 1.82) is 0 Å². The first-order valence-electron chi connectivity index (χ1n) is 7.44. The quantitative estimate of drug-likeness (QED) is 0.810. The van der Waals surface area contributed by atoms with E-state index >= 15 is 0 Å². The number of carbonyl (C=O) groups excluding carboxylic acids is 2. The molecule has 2 amide bonds. The van der Waals surface area contributed by atoms with Gasteiger partial charge in [0.1, 0.15) is 0 Å². The third-order valence-corrected chi connectivity index (χ3v) is 4.79. The Kier molecular flexibility index (Phi) is 6.40. The van der Waals surface area contributed by atoms with Crippen LogP contribution in [-0.2, 0) is 4.79 Å². The average Bonchev–Trinajstić information content (AvgIpc) is 2.59. The van der Waals surface area contributed by atoms with Gasteiger partial charge >= 0.3 is 0 Å². The summed E-state index contributed by atoms with van der Waals surface area (Å²) < 4.78 is 0.692. The predicted molar refractivity (Wildman–Crippen MR) is 99.1 cm³/mol. The van der Waals surface area contributed by atoms with E-state index in [1.807, 2.05) is 25.1 Å². The molecule has 0 unspecified atom stereocenters. The van der Waals surface area contributed by atoms with Crippen LogP contribution in [0.5, 0.6) is 0 Å². The van der Waals surface area contributed by atoms with Gasteiger partial charge in [0.2, 0.25) is 5.91 Å². The molecule has 0 fully saturated rings. The van der Waals surface area contributed by atoms with E-state index in [2.05, 4.69) is 21.2 Å². The van der Waals surface area contributed by atoms with Crippen LogP contribution in [0.25, 0.3) is 0 Å². The van der Waals surface area contributed by atoms with Gasteiger partial charge in [0.15, 0.2) is 0 Å². The Morgan fingerprint density at radius 3 is 2.42 bits per heavy atom. The lowest BCUT2D eigenvalue weighted by Gasteiger charge is -2.25. The van der Waals surface area contributed by atoms with Gasteiger partial charge in [-0.25, -0.2) is 0 Å². The Bertz CT molecular complexity index is 734. The number of likely N-dealkylation sites (N-methyl/N-ethyl adjacent to an activating group) is 1. The van der Waals surface area contributed by atoms with Crippen molar-refractivity contribution in [3.05, 3.63) is 69.2 Å². The minimum Gasteiger partial charge on any atom is -0.343 e. The van der Waals surface area contributed by atoms with E-state index in [1.54, 1.807) is 42.3 Å². The molecule has 0 radical (unpaired) electrons. The third-order valence-electron chi connectivity index (χ3n) is 3.85. The first-order valence-corrected chi connectivity index (χ1v) is 8.61. The van der Waals surface area contributed by atoms with Gasteiger partial charge in [0.25, 0.3) is 5.91 Å². The van der Waals surface area contributed by atoms with Crippen LogP contribution in [0.2, 0.25) is 5.02 Å². The zero-order chi connectivity index (χ0) is 17.7. The van der Waals surface area contributed by atoms with Gasteiger partial charge in [-0.3, -0.25) is 9.59 Å². The number of nitrogens with zero attached hydrogens (tertiary/aromatic N) is 1. The van der Waals surface area contributed by atoms with Gasteiger partial charge in [-0.05, 0) is 52.7 Å². The van der Waals surface area contributed by atoms with E-state index in [9.17, 15) is 9.59 Å². The molecule has 0 saturated carbocycles. The number of nitrogens with one attached hydrogen (secondary N) is 1. The lowest BCUT2D eigenvalue weighted by Crippen LogP contribution is -2.39. The number of carbonyl (C=O) groups is 2. The summed E-state index contributed by atoms with van der Waals surface area (Å²) in [6, 6.07) is 14.3. The molecule has 0 saturated heterocycles. The van der Waals surface area contributed by atoms with Crippen molar-refractivity contribution in [2.45, 2.75) is 13.0 Å². The smallest absolute Gasteiger partial charge is 0.252 e. The van der Waals surface area contributed by atoms with E-state index in [1.165, 1.54) is 0 Å². The standard InChI is InChI=1S/C18H18BrClN2O2/c1-12(13-7-9-14(20)10-8-13)22(2)17(23)11-21-18(24)15-5-3-4-6-16(15)19/h3-10,12H,11H2,1-2H3,(H,21,24)/t12-/m0/s1. The Morgan fingerprint density at radius 2 is 1.79 bits per heavy atom. The Morgan fingerprint density at radius 1 is 1.17 bits per heavy atom. The SMILES string of the molecule is C[C@@H](c1ccc(Cl)cc1)N(C)C(=O)CNC(=O)c1ccccc1Br. The number of hydrogen-bond acceptors (Lipinski definition) is 2. The van der Waals surface area contributed by atoms with Crippen molar-refractivity contribution in [3.8, 4) is 0 Å². The number of halogens is 2. The molecule has 0 aliphatic carbocycles. The Labute approximate surface area is 154 Å². The fourth-order valence-electron chi connectivity index (χ4n) is 2.20. The van der Waals surface area contributed by atoms with Crippen LogP contribution < -0.4 is 5.32 Å². The van der Waals surface area contributed by atoms with Gasteiger partial charge in [-0.1, -0.05) is 35.9 Å². The van der Waals surface area contributed by atoms with E-state index in [-0.39, 0.29) is 24.4 Å². The Balaban J connectivity index is 1.95. The molecule has 0 bridgehead atoms. The second-order valence-electron chi connectivity index (χ2n) is 5.39. The molecule has 0 aliphatic rings. The highest BCUT2D eigenvalue weighted by Gasteiger charge is 2.18. The lowest BCUT2D eigenvalue weighted by atomic mass is 10.1. The number of hydrogen-bond donors (Lipinski definition) is 1. The molecule has 1 atom stereocenters. The number of rotatable bonds is 5. The molecule has 126 valence electrons. The fraction of sp³-hybridized carbons (Fsp3) is 0.222. The van der Waals surface area contributed by atoms with Crippen molar-refractivity contribution < 1.29 is 9.59 Å². The van der Waals surface area contributed by atoms with Gasteiger partial charge in [-0.15, -0.1) is 0 Å². The molecule has 6 heteroatoms. The summed E-state index contributed by atoms with van der Waals surface area (Å²) in [5, 5.41) is 3.31. The summed E-state index contributed by atoms with van der Waals surface area (Å²) in [6.45, 7) is 1.87. The van der Waals surface area contributed by atoms with Crippen LogP contribution in [0.1, 0.15) is 28.9 Å². The van der Waals surface area contributed by atoms with Crippen LogP contribution >= 0.6 is 27.5 Å². The molecular formula is C18H18BrClN2O2. The first-order chi connectivity index (χ1) is 11.4.